The summed E-state index contributed by atoms with van der Waals surface area (Å²) in [5, 5.41) is 9.95. The first-order valence-electron chi connectivity index (χ1n) is 8.67. The van der Waals surface area contributed by atoms with Gasteiger partial charge in [0.05, 0.1) is 0 Å². The molecule has 8 heteroatoms. The van der Waals surface area contributed by atoms with E-state index >= 15 is 0 Å². The topological polar surface area (TPSA) is 85.6 Å². The van der Waals surface area contributed by atoms with Gasteiger partial charge in [0.2, 0.25) is 0 Å². The summed E-state index contributed by atoms with van der Waals surface area (Å²) in [6.07, 6.45) is 0.0731. The second-order valence-corrected chi connectivity index (χ2v) is 8.93. The number of aliphatic carboxylic acids is 1. The average molecular weight is 479 g/mol. The molecule has 150 valence electrons. The van der Waals surface area contributed by atoms with Crippen molar-refractivity contribution in [2.45, 2.75) is 18.7 Å². The third kappa shape index (κ3) is 4.53. The van der Waals surface area contributed by atoms with Gasteiger partial charge in [-0.2, -0.15) is 0 Å². The normalized spacial score (nSPS) is 10.9. The molecule has 0 radical (unpaired) electrons. The van der Waals surface area contributed by atoms with E-state index < -0.39 is 20.9 Å². The number of hydrogen-bond acceptors (Lipinski definition) is 4. The first-order chi connectivity index (χ1) is 13.8. The second-order valence-electron chi connectivity index (χ2n) is 6.33. The number of methoxy groups -OCH3 is 1. The van der Waals surface area contributed by atoms with E-state index in [-0.39, 0.29) is 22.3 Å². The SMILES string of the molecule is COc1ccc2c(c1)c(CC(=O)[Se]CC(=O)O)c(C)n2C(=O)c1ccc(Cl)cc1. The molecule has 0 unspecified atom stereocenters. The molecule has 0 fully saturated rings. The monoisotopic (exact) mass is 479 g/mol. The van der Waals surface area contributed by atoms with Crippen molar-refractivity contribution in [2.75, 3.05) is 7.11 Å². The Hall–Kier alpha value is -2.60. The summed E-state index contributed by atoms with van der Waals surface area (Å²) in [6, 6.07) is 11.9. The molecule has 0 saturated heterocycles. The van der Waals surface area contributed by atoms with Gasteiger partial charge in [-0.1, -0.05) is 0 Å². The number of nitrogens with zero attached hydrogens (tertiary/aromatic N) is 1. The Morgan fingerprint density at radius 2 is 1.83 bits per heavy atom. The van der Waals surface area contributed by atoms with Crippen molar-refractivity contribution < 1.29 is 24.2 Å². The van der Waals surface area contributed by atoms with Crippen LogP contribution < -0.4 is 4.74 Å². The van der Waals surface area contributed by atoms with Gasteiger partial charge >= 0.3 is 179 Å². The minimum atomic E-state index is -0.989. The molecule has 0 saturated carbocycles. The number of carbonyl (C=O) groups is 3. The van der Waals surface area contributed by atoms with Crippen LogP contribution in [0.15, 0.2) is 42.5 Å². The van der Waals surface area contributed by atoms with Gasteiger partial charge in [-0.3, -0.25) is 0 Å². The zero-order valence-corrected chi connectivity index (χ0v) is 18.2. The van der Waals surface area contributed by atoms with Crippen LogP contribution in [0, 0.1) is 6.92 Å². The summed E-state index contributed by atoms with van der Waals surface area (Å²) in [4.78, 5) is 36.4. The van der Waals surface area contributed by atoms with E-state index in [1.807, 2.05) is 0 Å². The number of carbonyl (C=O) groups excluding carboxylic acids is 2. The van der Waals surface area contributed by atoms with Gasteiger partial charge in [0.15, 0.2) is 0 Å². The van der Waals surface area contributed by atoms with Crippen LogP contribution in [-0.2, 0) is 16.0 Å². The number of ether oxygens (including phenoxy) is 1. The Labute approximate surface area is 178 Å². The third-order valence-electron chi connectivity index (χ3n) is 4.51. The van der Waals surface area contributed by atoms with Crippen LogP contribution in [0.4, 0.5) is 0 Å². The number of aromatic nitrogens is 1. The fourth-order valence-corrected chi connectivity index (χ4v) is 4.37. The zero-order chi connectivity index (χ0) is 21.1. The summed E-state index contributed by atoms with van der Waals surface area (Å²) >= 11 is 5.26. The van der Waals surface area contributed by atoms with E-state index in [2.05, 4.69) is 0 Å². The van der Waals surface area contributed by atoms with Crippen molar-refractivity contribution in [3.8, 4) is 5.75 Å². The van der Waals surface area contributed by atoms with E-state index in [1.165, 1.54) is 0 Å². The molecule has 0 amide bonds. The Bertz CT molecular complexity index is 1100. The first-order valence-corrected chi connectivity index (χ1v) is 11.1. The van der Waals surface area contributed by atoms with Crippen LogP contribution in [0.1, 0.15) is 21.6 Å². The molecule has 1 aromatic heterocycles. The minimum absolute atomic E-state index is 0.0731. The van der Waals surface area contributed by atoms with Gasteiger partial charge in [0.25, 0.3) is 0 Å². The molecule has 0 spiro atoms. The number of carboxylic acids is 1. The van der Waals surface area contributed by atoms with Gasteiger partial charge in [-0.15, -0.1) is 0 Å². The van der Waals surface area contributed by atoms with Crippen molar-refractivity contribution in [3.05, 3.63) is 64.3 Å². The molecule has 3 aromatic rings. The molecule has 2 aromatic carbocycles. The van der Waals surface area contributed by atoms with Crippen molar-refractivity contribution >= 4 is 54.0 Å². The van der Waals surface area contributed by atoms with E-state index in [9.17, 15) is 14.4 Å². The summed E-state index contributed by atoms with van der Waals surface area (Å²) in [6.45, 7) is 1.78. The molecule has 0 atom stereocenters. The van der Waals surface area contributed by atoms with E-state index in [0.717, 1.165) is 5.39 Å². The van der Waals surface area contributed by atoms with Crippen LogP contribution in [0.2, 0.25) is 10.3 Å². The zero-order valence-electron chi connectivity index (χ0n) is 15.8. The van der Waals surface area contributed by atoms with Gasteiger partial charge in [-0.05, 0) is 0 Å². The van der Waals surface area contributed by atoms with E-state index in [0.29, 0.717) is 33.1 Å². The Kier molecular flexibility index (Phi) is 6.42. The number of halogens is 1. The van der Waals surface area contributed by atoms with Crippen molar-refractivity contribution in [1.29, 1.82) is 0 Å². The summed E-state index contributed by atoms with van der Waals surface area (Å²) in [7, 11) is 1.55. The van der Waals surface area contributed by atoms with Crippen LogP contribution in [0.3, 0.4) is 0 Å². The molecular formula is C21H18ClNO5Se. The maximum atomic E-state index is 13.2. The second kappa shape index (κ2) is 8.82. The Balaban J connectivity index is 2.09. The van der Waals surface area contributed by atoms with E-state index in [4.69, 9.17) is 21.4 Å². The Morgan fingerprint density at radius 1 is 1.14 bits per heavy atom. The predicted molar refractivity (Wildman–Crippen MR) is 111 cm³/mol. The number of carboxylic acid groups (broad SMARTS) is 1. The number of hydrogen-bond donors (Lipinski definition) is 1. The quantitative estimate of drug-likeness (QED) is 0.525. The summed E-state index contributed by atoms with van der Waals surface area (Å²) < 4.78 is 6.74. The van der Waals surface area contributed by atoms with Crippen LogP contribution in [0.25, 0.3) is 10.9 Å². The number of fused-ring (bicyclic) bond motifs is 1. The first kappa shape index (κ1) is 21.1. The van der Waals surface area contributed by atoms with Crippen molar-refractivity contribution in [1.82, 2.24) is 4.57 Å². The summed E-state index contributed by atoms with van der Waals surface area (Å²) in [5.41, 5.74) is 2.49. The van der Waals surface area contributed by atoms with Crippen molar-refractivity contribution in [2.24, 2.45) is 0 Å². The van der Waals surface area contributed by atoms with Crippen molar-refractivity contribution in [3.63, 3.8) is 0 Å². The van der Waals surface area contributed by atoms with Gasteiger partial charge < -0.3 is 0 Å². The molecule has 6 nitrogen and oxygen atoms in total. The molecule has 0 aliphatic heterocycles. The van der Waals surface area contributed by atoms with E-state index in [1.54, 1.807) is 61.1 Å². The fourth-order valence-electron chi connectivity index (χ4n) is 3.13. The number of benzene rings is 2. The van der Waals surface area contributed by atoms with Crippen LogP contribution in [0.5, 0.6) is 5.75 Å². The predicted octanol–water partition coefficient (Wildman–Crippen LogP) is 3.58. The molecular weight excluding hydrogens is 461 g/mol. The average Bonchev–Trinajstić information content (AvgIpc) is 2.97. The van der Waals surface area contributed by atoms with Crippen LogP contribution in [-0.4, -0.2) is 48.3 Å². The molecule has 1 N–H and O–H groups in total. The molecule has 3 rings (SSSR count). The fraction of sp³-hybridized carbons (Fsp3) is 0.190. The molecule has 0 aliphatic rings. The van der Waals surface area contributed by atoms with Gasteiger partial charge in [0, 0.05) is 0 Å². The van der Waals surface area contributed by atoms with Crippen LogP contribution >= 0.6 is 11.6 Å². The number of rotatable bonds is 7. The molecule has 0 bridgehead atoms. The molecule has 29 heavy (non-hydrogen) atoms. The third-order valence-corrected chi connectivity index (χ3v) is 6.57. The van der Waals surface area contributed by atoms with Gasteiger partial charge in [-0.25, -0.2) is 0 Å². The van der Waals surface area contributed by atoms with Gasteiger partial charge in [0.1, 0.15) is 0 Å². The summed E-state index contributed by atoms with van der Waals surface area (Å²) in [5.74, 6) is -0.612. The standard InChI is InChI=1S/C21H18ClNO5Se/c1-12-16(10-20(26)29-11-19(24)25)17-9-15(28-2)7-8-18(17)23(12)21(27)13-3-5-14(22)6-4-13/h3-9H,10-11H2,1-2H3,(H,24,25). The molecule has 0 aliphatic carbocycles. The maximum absolute atomic E-state index is 13.2. The Morgan fingerprint density at radius 3 is 2.45 bits per heavy atom. The molecule has 1 heterocycles.